The molecule has 5 rings (SSSR count). The van der Waals surface area contributed by atoms with Gasteiger partial charge < -0.3 is 0 Å². The number of benzene rings is 4. The molecule has 5 heteroatoms. The van der Waals surface area contributed by atoms with Crippen molar-refractivity contribution in [2.75, 3.05) is 19.6 Å². The van der Waals surface area contributed by atoms with Gasteiger partial charge in [-0.25, -0.2) is 8.78 Å². The maximum absolute atomic E-state index is 13.5. The third-order valence-electron chi connectivity index (χ3n) is 6.52. The first-order chi connectivity index (χ1) is 16.6. The molecule has 35 heavy (non-hydrogen) atoms. The zero-order valence-electron chi connectivity index (χ0n) is 19.2. The molecule has 0 atom stereocenters. The van der Waals surface area contributed by atoms with Gasteiger partial charge in [0.1, 0.15) is 11.6 Å². The van der Waals surface area contributed by atoms with Crippen LogP contribution < -0.4 is 0 Å². The predicted octanol–water partition coefficient (Wildman–Crippen LogP) is 7.32. The number of carbonyl (C=O) groups excluding carboxylic acids is 1. The smallest absolute Gasteiger partial charge is 0.176 e. The highest BCUT2D eigenvalue weighted by molar-refractivity contribution is 6.01. The predicted molar refractivity (Wildman–Crippen MR) is 140 cm³/mol. The lowest BCUT2D eigenvalue weighted by Gasteiger charge is -2.29. The summed E-state index contributed by atoms with van der Waals surface area (Å²) in [5, 5.41) is 2.20. The molecule has 178 valence electrons. The fourth-order valence-corrected chi connectivity index (χ4v) is 4.70. The monoisotopic (exact) mass is 489 g/mol. The molecule has 1 aliphatic rings. The molecule has 0 unspecified atom stereocenters. The summed E-state index contributed by atoms with van der Waals surface area (Å²) >= 11 is 0. The number of Topliss-reactive ketones (excluding diaryl/α,β-unsaturated/α-hetero) is 1. The Morgan fingerprint density at radius 3 is 1.77 bits per heavy atom. The van der Waals surface area contributed by atoms with Gasteiger partial charge in [-0.15, -0.1) is 12.4 Å². The van der Waals surface area contributed by atoms with Crippen molar-refractivity contribution in [3.63, 3.8) is 0 Å². The Bertz CT molecular complexity index is 1310. The minimum Gasteiger partial charge on any atom is -0.295 e. The summed E-state index contributed by atoms with van der Waals surface area (Å²) in [6.45, 7) is 1.91. The summed E-state index contributed by atoms with van der Waals surface area (Å²) in [4.78, 5) is 15.1. The van der Waals surface area contributed by atoms with Crippen molar-refractivity contribution in [2.45, 2.75) is 12.8 Å². The van der Waals surface area contributed by atoms with Gasteiger partial charge in [-0.2, -0.15) is 0 Å². The van der Waals surface area contributed by atoms with Crippen LogP contribution in [-0.4, -0.2) is 30.3 Å². The zero-order valence-corrected chi connectivity index (χ0v) is 20.0. The van der Waals surface area contributed by atoms with Crippen LogP contribution in [0.3, 0.4) is 0 Å². The molecular weight excluding hydrogens is 464 g/mol. The molecule has 2 nitrogen and oxygen atoms in total. The van der Waals surface area contributed by atoms with Gasteiger partial charge in [-0.3, -0.25) is 9.69 Å². The van der Waals surface area contributed by atoms with E-state index in [2.05, 4.69) is 4.90 Å². The van der Waals surface area contributed by atoms with Gasteiger partial charge in [0.25, 0.3) is 0 Å². The number of carbonyl (C=O) groups is 1. The lowest BCUT2D eigenvalue weighted by atomic mass is 9.88. The molecule has 0 radical (unpaired) electrons. The quantitative estimate of drug-likeness (QED) is 0.274. The van der Waals surface area contributed by atoms with E-state index in [-0.39, 0.29) is 29.8 Å². The maximum Gasteiger partial charge on any atom is 0.176 e. The second-order valence-electron chi connectivity index (χ2n) is 8.75. The maximum atomic E-state index is 13.5. The van der Waals surface area contributed by atoms with Crippen LogP contribution in [0.5, 0.6) is 0 Å². The van der Waals surface area contributed by atoms with E-state index in [1.807, 2.05) is 42.5 Å². The van der Waals surface area contributed by atoms with Crippen LogP contribution in [0.15, 0.2) is 96.6 Å². The SMILES string of the molecule is Cl.O=C(CN1CCC(=C(c2ccc(F)cc2)c2ccc(F)cc2)CC1)c1ccc2ccccc2c1. The minimum atomic E-state index is -0.283. The van der Waals surface area contributed by atoms with Gasteiger partial charge >= 0.3 is 0 Å². The van der Waals surface area contributed by atoms with Crippen molar-refractivity contribution < 1.29 is 13.6 Å². The molecule has 0 amide bonds. The second-order valence-corrected chi connectivity index (χ2v) is 8.75. The zero-order chi connectivity index (χ0) is 23.5. The van der Waals surface area contributed by atoms with E-state index in [1.165, 1.54) is 29.8 Å². The summed E-state index contributed by atoms with van der Waals surface area (Å²) < 4.78 is 27.1. The Morgan fingerprint density at radius 2 is 1.20 bits per heavy atom. The third kappa shape index (κ3) is 5.67. The molecular formula is C30H26ClF2NO. The van der Waals surface area contributed by atoms with Crippen LogP contribution in [0, 0.1) is 11.6 Å². The topological polar surface area (TPSA) is 20.3 Å². The normalized spacial score (nSPS) is 13.9. The molecule has 0 aliphatic carbocycles. The van der Waals surface area contributed by atoms with E-state index in [9.17, 15) is 13.6 Å². The van der Waals surface area contributed by atoms with Gasteiger partial charge in [-0.05, 0) is 70.6 Å². The van der Waals surface area contributed by atoms with Gasteiger partial charge in [0.2, 0.25) is 0 Å². The number of hydrogen-bond acceptors (Lipinski definition) is 2. The minimum absolute atomic E-state index is 0. The first kappa shape index (κ1) is 24.8. The number of rotatable bonds is 5. The standard InChI is InChI=1S/C30H25F2NO.ClH/c31-27-11-7-22(8-12-27)30(23-9-13-28(32)14-10-23)24-15-17-33(18-16-24)20-29(34)26-6-5-21-3-1-2-4-25(21)19-26;/h1-14,19H,15-18,20H2;1H. The Balaban J connectivity index is 0.00000289. The summed E-state index contributed by atoms with van der Waals surface area (Å²) in [5.41, 5.74) is 4.85. The molecule has 1 fully saturated rings. The molecule has 0 aromatic heterocycles. The van der Waals surface area contributed by atoms with Gasteiger partial charge in [0.15, 0.2) is 5.78 Å². The fraction of sp³-hybridized carbons (Fsp3) is 0.167. The molecule has 4 aromatic rings. The molecule has 0 bridgehead atoms. The number of halogens is 3. The number of piperidine rings is 1. The molecule has 0 saturated carbocycles. The molecule has 1 aliphatic heterocycles. The third-order valence-corrected chi connectivity index (χ3v) is 6.52. The summed E-state index contributed by atoms with van der Waals surface area (Å²) in [5.74, 6) is -0.445. The largest absolute Gasteiger partial charge is 0.295 e. The lowest BCUT2D eigenvalue weighted by molar-refractivity contribution is 0.0925. The number of nitrogens with zero attached hydrogens (tertiary/aromatic N) is 1. The van der Waals surface area contributed by atoms with Crippen LogP contribution in [0.25, 0.3) is 16.3 Å². The van der Waals surface area contributed by atoms with Gasteiger partial charge in [0, 0.05) is 18.7 Å². The van der Waals surface area contributed by atoms with E-state index < -0.39 is 0 Å². The molecule has 1 heterocycles. The number of fused-ring (bicyclic) bond motifs is 1. The highest BCUT2D eigenvalue weighted by Gasteiger charge is 2.21. The number of ketones is 1. The summed E-state index contributed by atoms with van der Waals surface area (Å²) in [6.07, 6.45) is 1.60. The average molecular weight is 490 g/mol. The first-order valence-corrected chi connectivity index (χ1v) is 11.5. The van der Waals surface area contributed by atoms with Crippen molar-refractivity contribution in [1.29, 1.82) is 0 Å². The number of hydrogen-bond donors (Lipinski definition) is 0. The summed E-state index contributed by atoms with van der Waals surface area (Å²) in [6, 6.07) is 26.8. The van der Waals surface area contributed by atoms with Gasteiger partial charge in [-0.1, -0.05) is 66.2 Å². The van der Waals surface area contributed by atoms with Crippen molar-refractivity contribution in [1.82, 2.24) is 4.90 Å². The molecule has 4 aromatic carbocycles. The van der Waals surface area contributed by atoms with Crippen LogP contribution in [0.1, 0.15) is 34.3 Å². The Hall–Kier alpha value is -3.34. The Morgan fingerprint density at radius 1 is 0.686 bits per heavy atom. The number of likely N-dealkylation sites (tertiary alicyclic amines) is 1. The van der Waals surface area contributed by atoms with Crippen molar-refractivity contribution >= 4 is 34.5 Å². The van der Waals surface area contributed by atoms with Crippen LogP contribution in [-0.2, 0) is 0 Å². The van der Waals surface area contributed by atoms with E-state index in [0.29, 0.717) is 6.54 Å². The van der Waals surface area contributed by atoms with Crippen molar-refractivity contribution in [2.24, 2.45) is 0 Å². The van der Waals surface area contributed by atoms with Gasteiger partial charge in [0.05, 0.1) is 6.54 Å². The van der Waals surface area contributed by atoms with E-state index in [4.69, 9.17) is 0 Å². The average Bonchev–Trinajstić information content (AvgIpc) is 2.87. The highest BCUT2D eigenvalue weighted by atomic mass is 35.5. The highest BCUT2D eigenvalue weighted by Crippen LogP contribution is 2.32. The summed E-state index contributed by atoms with van der Waals surface area (Å²) in [7, 11) is 0. The Labute approximate surface area is 210 Å². The Kier molecular flexibility index (Phi) is 7.74. The van der Waals surface area contributed by atoms with Crippen molar-refractivity contribution in [3.8, 4) is 0 Å². The van der Waals surface area contributed by atoms with Crippen LogP contribution in [0.4, 0.5) is 8.78 Å². The lowest BCUT2D eigenvalue weighted by Crippen LogP contribution is -2.35. The molecule has 0 N–H and O–H groups in total. The van der Waals surface area contributed by atoms with Crippen LogP contribution in [0.2, 0.25) is 0 Å². The second kappa shape index (κ2) is 10.9. The molecule has 0 spiro atoms. The van der Waals surface area contributed by atoms with E-state index >= 15 is 0 Å². The fourth-order valence-electron chi connectivity index (χ4n) is 4.70. The van der Waals surface area contributed by atoms with Crippen LogP contribution >= 0.6 is 12.4 Å². The van der Waals surface area contributed by atoms with Crippen molar-refractivity contribution in [3.05, 3.63) is 125 Å². The van der Waals surface area contributed by atoms with E-state index in [0.717, 1.165) is 59.0 Å². The van der Waals surface area contributed by atoms with E-state index in [1.54, 1.807) is 24.3 Å². The first-order valence-electron chi connectivity index (χ1n) is 11.5. The molecule has 1 saturated heterocycles.